The lowest BCUT2D eigenvalue weighted by Gasteiger charge is -2.16. The molecule has 0 spiro atoms. The lowest BCUT2D eigenvalue weighted by Crippen LogP contribution is -2.16. The molecule has 1 heterocycles. The number of hydrogen-bond acceptors (Lipinski definition) is 5. The second kappa shape index (κ2) is 7.82. The molecule has 160 valence electrons. The van der Waals surface area contributed by atoms with E-state index in [-0.39, 0.29) is 18.6 Å². The Balaban J connectivity index is 1.95. The first-order valence-corrected chi connectivity index (χ1v) is 10.8. The van der Waals surface area contributed by atoms with E-state index in [9.17, 15) is 27.1 Å². The Morgan fingerprint density at radius 2 is 1.81 bits per heavy atom. The number of aromatic hydroxyl groups is 1. The van der Waals surface area contributed by atoms with Crippen LogP contribution < -0.4 is 4.72 Å². The van der Waals surface area contributed by atoms with Crippen LogP contribution in [0.1, 0.15) is 15.9 Å². The minimum absolute atomic E-state index is 0.0929. The van der Waals surface area contributed by atoms with Gasteiger partial charge in [0.1, 0.15) is 16.5 Å². The smallest absolute Gasteiger partial charge is 0.338 e. The molecule has 0 unspecified atom stereocenters. The fraction of sp³-hybridized carbons (Fsp3) is 0.0952. The Bertz CT molecular complexity index is 1330. The first-order chi connectivity index (χ1) is 14.7. The third kappa shape index (κ3) is 4.06. The van der Waals surface area contributed by atoms with Crippen molar-refractivity contribution >= 4 is 33.3 Å². The molecule has 10 heteroatoms. The summed E-state index contributed by atoms with van der Waals surface area (Å²) in [6.45, 7) is -0.0929. The summed E-state index contributed by atoms with van der Waals surface area (Å²) < 4.78 is 61.3. The van der Waals surface area contributed by atoms with Crippen molar-refractivity contribution in [3.63, 3.8) is 0 Å². The van der Waals surface area contributed by atoms with Gasteiger partial charge in [0, 0.05) is 6.42 Å². The van der Waals surface area contributed by atoms with Crippen LogP contribution in [0.25, 0.3) is 11.1 Å². The van der Waals surface area contributed by atoms with E-state index in [1.807, 2.05) is 0 Å². The Kier molecular flexibility index (Phi) is 5.32. The quantitative estimate of drug-likeness (QED) is 0.477. The third-order valence-electron chi connectivity index (χ3n) is 4.75. The summed E-state index contributed by atoms with van der Waals surface area (Å²) in [4.78, 5) is 11.7. The highest BCUT2D eigenvalue weighted by Gasteiger charge is 2.26. The fourth-order valence-electron chi connectivity index (χ4n) is 3.24. The highest BCUT2D eigenvalue weighted by atomic mass is 35.5. The van der Waals surface area contributed by atoms with Crippen LogP contribution in [-0.2, 0) is 21.2 Å². The van der Waals surface area contributed by atoms with Gasteiger partial charge in [0.05, 0.1) is 22.9 Å². The van der Waals surface area contributed by atoms with E-state index in [0.717, 1.165) is 18.2 Å². The van der Waals surface area contributed by atoms with Crippen molar-refractivity contribution < 1.29 is 31.8 Å². The number of anilines is 1. The van der Waals surface area contributed by atoms with Crippen LogP contribution >= 0.6 is 11.6 Å². The highest BCUT2D eigenvalue weighted by Crippen LogP contribution is 2.35. The summed E-state index contributed by atoms with van der Waals surface area (Å²) in [5, 5.41) is 9.76. The number of fused-ring (bicyclic) bond motifs is 6. The molecule has 4 rings (SSSR count). The molecular weight excluding hydrogens is 452 g/mol. The SMILES string of the molecule is O=C1OCCc2ccc(F)cc2-c2ccc(F)c(c2)NS(=O)(=O)c2cc1cc(Cl)c2O. The Hall–Kier alpha value is -3.17. The number of hydrogen-bond donors (Lipinski definition) is 2. The zero-order valence-electron chi connectivity index (χ0n) is 15.7. The van der Waals surface area contributed by atoms with E-state index in [0.29, 0.717) is 16.7 Å². The lowest BCUT2D eigenvalue weighted by atomic mass is 9.97. The molecule has 2 N–H and O–H groups in total. The maximum atomic E-state index is 14.4. The van der Waals surface area contributed by atoms with E-state index in [1.54, 1.807) is 0 Å². The maximum absolute atomic E-state index is 14.4. The number of phenolic OH excluding ortho intramolecular Hbond substituents is 1. The van der Waals surface area contributed by atoms with E-state index >= 15 is 0 Å². The molecule has 3 aromatic carbocycles. The second-order valence-corrected chi connectivity index (χ2v) is 8.85. The van der Waals surface area contributed by atoms with E-state index in [4.69, 9.17) is 16.3 Å². The van der Waals surface area contributed by atoms with Gasteiger partial charge >= 0.3 is 5.97 Å². The second-order valence-electron chi connectivity index (χ2n) is 6.79. The molecular formula is C21H14ClF2NO5S. The normalized spacial score (nSPS) is 15.3. The van der Waals surface area contributed by atoms with Gasteiger partial charge in [0.2, 0.25) is 0 Å². The predicted molar refractivity (Wildman–Crippen MR) is 110 cm³/mol. The molecule has 0 saturated carbocycles. The van der Waals surface area contributed by atoms with Crippen molar-refractivity contribution in [3.8, 4) is 16.9 Å². The van der Waals surface area contributed by atoms with Crippen LogP contribution in [0.4, 0.5) is 14.5 Å². The number of esters is 1. The summed E-state index contributed by atoms with van der Waals surface area (Å²) in [6.07, 6.45) is 0.221. The van der Waals surface area contributed by atoms with Gasteiger partial charge in [-0.15, -0.1) is 0 Å². The van der Waals surface area contributed by atoms with Crippen molar-refractivity contribution in [1.82, 2.24) is 0 Å². The van der Waals surface area contributed by atoms with Crippen molar-refractivity contribution in [2.75, 3.05) is 11.3 Å². The minimum atomic E-state index is -4.56. The average Bonchev–Trinajstić information content (AvgIpc) is 2.71. The maximum Gasteiger partial charge on any atom is 0.338 e. The van der Waals surface area contributed by atoms with Crippen LogP contribution in [-0.4, -0.2) is 26.1 Å². The number of carbonyl (C=O) groups is 1. The van der Waals surface area contributed by atoms with E-state index in [2.05, 4.69) is 4.72 Å². The lowest BCUT2D eigenvalue weighted by molar-refractivity contribution is 0.0509. The number of benzene rings is 3. The Morgan fingerprint density at radius 1 is 1.03 bits per heavy atom. The van der Waals surface area contributed by atoms with Crippen molar-refractivity contribution in [2.45, 2.75) is 11.3 Å². The third-order valence-corrected chi connectivity index (χ3v) is 6.42. The van der Waals surface area contributed by atoms with Gasteiger partial charge in [-0.1, -0.05) is 23.7 Å². The molecule has 0 saturated heterocycles. The van der Waals surface area contributed by atoms with Gasteiger partial charge in [-0.2, -0.15) is 0 Å². The predicted octanol–water partition coefficient (Wildman–Crippen LogP) is 4.50. The van der Waals surface area contributed by atoms with Crippen LogP contribution in [0.15, 0.2) is 53.4 Å². The molecule has 0 aromatic heterocycles. The molecule has 1 aliphatic rings. The molecule has 6 nitrogen and oxygen atoms in total. The standard InChI is InChI=1S/C21H14ClF2NO5S/c22-16-7-13-9-19(20(16)26)31(28,29)25-18-8-12(2-4-17(18)24)15-10-14(23)3-1-11(15)5-6-30-21(13)27/h1-4,7-10,25-26H,5-6H2. The molecule has 31 heavy (non-hydrogen) atoms. The molecule has 4 bridgehead atoms. The van der Waals surface area contributed by atoms with Gasteiger partial charge in [-0.25, -0.2) is 22.0 Å². The van der Waals surface area contributed by atoms with E-state index < -0.39 is 49.0 Å². The molecule has 0 aliphatic carbocycles. The van der Waals surface area contributed by atoms with E-state index in [1.165, 1.54) is 30.3 Å². The van der Waals surface area contributed by atoms with Gasteiger partial charge in [-0.3, -0.25) is 4.72 Å². The summed E-state index contributed by atoms with van der Waals surface area (Å²) in [5.41, 5.74) is 0.698. The Morgan fingerprint density at radius 3 is 2.58 bits per heavy atom. The molecule has 3 aromatic rings. The van der Waals surface area contributed by atoms with Gasteiger partial charge in [0.25, 0.3) is 10.0 Å². The van der Waals surface area contributed by atoms with Gasteiger partial charge < -0.3 is 9.84 Å². The molecule has 0 amide bonds. The topological polar surface area (TPSA) is 92.7 Å². The summed E-state index contributed by atoms with van der Waals surface area (Å²) >= 11 is 5.90. The van der Waals surface area contributed by atoms with Crippen LogP contribution in [0, 0.1) is 11.6 Å². The number of ether oxygens (including phenoxy) is 1. The number of nitrogens with one attached hydrogen (secondary N) is 1. The van der Waals surface area contributed by atoms with Crippen molar-refractivity contribution in [1.29, 1.82) is 0 Å². The number of halogens is 3. The van der Waals surface area contributed by atoms with Gasteiger partial charge in [-0.05, 0) is 53.1 Å². The van der Waals surface area contributed by atoms with Crippen LogP contribution in [0.5, 0.6) is 5.75 Å². The minimum Gasteiger partial charge on any atom is -0.505 e. The van der Waals surface area contributed by atoms with Crippen LogP contribution in [0.3, 0.4) is 0 Å². The van der Waals surface area contributed by atoms with Gasteiger partial charge in [0.15, 0.2) is 5.75 Å². The number of cyclic esters (lactones) is 1. The molecule has 1 aliphatic heterocycles. The zero-order chi connectivity index (χ0) is 22.3. The summed E-state index contributed by atoms with van der Waals surface area (Å²) in [7, 11) is -4.56. The average molecular weight is 466 g/mol. The number of carbonyl (C=O) groups excluding carboxylic acids is 1. The van der Waals surface area contributed by atoms with Crippen LogP contribution in [0.2, 0.25) is 5.02 Å². The molecule has 0 fully saturated rings. The zero-order valence-corrected chi connectivity index (χ0v) is 17.2. The largest absolute Gasteiger partial charge is 0.505 e. The summed E-state index contributed by atoms with van der Waals surface area (Å²) in [6, 6.07) is 9.55. The molecule has 0 atom stereocenters. The van der Waals surface area contributed by atoms with Crippen molar-refractivity contribution in [3.05, 3.63) is 76.3 Å². The monoisotopic (exact) mass is 465 g/mol. The Labute approximate surface area is 181 Å². The first kappa shape index (κ1) is 21.1. The highest BCUT2D eigenvalue weighted by molar-refractivity contribution is 7.92. The fourth-order valence-corrected chi connectivity index (χ4v) is 4.72. The number of sulfonamides is 1. The number of rotatable bonds is 0. The first-order valence-electron chi connectivity index (χ1n) is 8.96. The summed E-state index contributed by atoms with van der Waals surface area (Å²) in [5.74, 6) is -3.11. The number of phenols is 1. The molecule has 0 radical (unpaired) electrons. The van der Waals surface area contributed by atoms with Crippen molar-refractivity contribution in [2.24, 2.45) is 0 Å².